The standard InChI is InChI=1S/C16H15ClN4O2S.C4H4O4/c1-18-10-12-9-16(24(22,23)13-5-4-8-19-11-13)21(20-12)15-7-3-2-6-14(15)17;5-3(6)1-2-4(7)8/h2-9,11,18H,10H2,1H3;1-2H,(H,5,6)(H,7,8)/b;2-1+. The molecule has 2 aromatic heterocycles. The van der Waals surface area contributed by atoms with Crippen molar-refractivity contribution in [1.82, 2.24) is 20.1 Å². The van der Waals surface area contributed by atoms with Crippen molar-refractivity contribution in [2.24, 2.45) is 0 Å². The van der Waals surface area contributed by atoms with E-state index in [4.69, 9.17) is 21.8 Å². The van der Waals surface area contributed by atoms with Gasteiger partial charge in [-0.05, 0) is 31.3 Å². The summed E-state index contributed by atoms with van der Waals surface area (Å²) >= 11 is 6.23. The summed E-state index contributed by atoms with van der Waals surface area (Å²) in [5.41, 5.74) is 1.10. The van der Waals surface area contributed by atoms with Gasteiger partial charge in [-0.2, -0.15) is 5.10 Å². The third kappa shape index (κ3) is 6.48. The predicted octanol–water partition coefficient (Wildman–Crippen LogP) is 2.18. The Morgan fingerprint density at radius 3 is 2.31 bits per heavy atom. The number of hydrogen-bond donors (Lipinski definition) is 3. The normalized spacial score (nSPS) is 11.1. The van der Waals surface area contributed by atoms with Crippen LogP contribution in [0.4, 0.5) is 0 Å². The molecule has 0 bridgehead atoms. The Hall–Kier alpha value is -3.54. The van der Waals surface area contributed by atoms with Crippen molar-refractivity contribution in [2.75, 3.05) is 7.05 Å². The number of aromatic nitrogens is 3. The Kier molecular flexibility index (Phi) is 8.64. The quantitative estimate of drug-likeness (QED) is 0.434. The maximum atomic E-state index is 13.0. The van der Waals surface area contributed by atoms with E-state index in [1.54, 1.807) is 43.4 Å². The second-order valence-corrected chi connectivity index (χ2v) is 8.37. The summed E-state index contributed by atoms with van der Waals surface area (Å²) < 4.78 is 27.3. The number of benzene rings is 1. The van der Waals surface area contributed by atoms with Crippen molar-refractivity contribution in [3.05, 3.63) is 77.7 Å². The van der Waals surface area contributed by atoms with Crippen LogP contribution in [0.1, 0.15) is 5.69 Å². The number of aliphatic carboxylic acids is 2. The second kappa shape index (κ2) is 11.2. The smallest absolute Gasteiger partial charge is 0.328 e. The highest BCUT2D eigenvalue weighted by Crippen LogP contribution is 2.27. The fourth-order valence-electron chi connectivity index (χ4n) is 2.43. The van der Waals surface area contributed by atoms with Gasteiger partial charge in [0, 0.05) is 37.2 Å². The van der Waals surface area contributed by atoms with Crippen molar-refractivity contribution in [1.29, 1.82) is 0 Å². The number of carboxylic acids is 2. The third-order valence-electron chi connectivity index (χ3n) is 3.75. The maximum Gasteiger partial charge on any atom is 0.328 e. The number of nitrogens with one attached hydrogen (secondary N) is 1. The Labute approximate surface area is 188 Å². The van der Waals surface area contributed by atoms with Gasteiger partial charge in [0.1, 0.15) is 0 Å². The zero-order valence-electron chi connectivity index (χ0n) is 16.7. The van der Waals surface area contributed by atoms with Gasteiger partial charge in [0.25, 0.3) is 0 Å². The lowest BCUT2D eigenvalue weighted by Gasteiger charge is -2.09. The maximum absolute atomic E-state index is 13.0. The number of pyridine rings is 1. The Bertz CT molecular complexity index is 1210. The van der Waals surface area contributed by atoms with Crippen LogP contribution in [-0.2, 0) is 26.0 Å². The van der Waals surface area contributed by atoms with E-state index in [1.807, 2.05) is 0 Å². The first kappa shape index (κ1) is 24.7. The molecule has 0 saturated heterocycles. The molecule has 32 heavy (non-hydrogen) atoms. The minimum absolute atomic E-state index is 0.0499. The van der Waals surface area contributed by atoms with E-state index in [0.717, 1.165) is 0 Å². The average Bonchev–Trinajstić information content (AvgIpc) is 3.18. The number of hydrogen-bond acceptors (Lipinski definition) is 7. The van der Waals surface area contributed by atoms with Crippen LogP contribution < -0.4 is 5.32 Å². The molecule has 12 heteroatoms. The molecule has 0 unspecified atom stereocenters. The minimum atomic E-state index is -3.78. The molecular formula is C20H19ClN4O6S. The summed E-state index contributed by atoms with van der Waals surface area (Å²) in [6, 6.07) is 11.6. The molecule has 3 aromatic rings. The van der Waals surface area contributed by atoms with E-state index in [-0.39, 0.29) is 9.92 Å². The van der Waals surface area contributed by atoms with Gasteiger partial charge in [0.05, 0.1) is 21.3 Å². The summed E-state index contributed by atoms with van der Waals surface area (Å²) in [4.78, 5) is 23.1. The van der Waals surface area contributed by atoms with Gasteiger partial charge in [0.15, 0.2) is 5.03 Å². The van der Waals surface area contributed by atoms with Gasteiger partial charge in [0.2, 0.25) is 9.84 Å². The molecule has 0 radical (unpaired) electrons. The topological polar surface area (TPSA) is 151 Å². The Balaban J connectivity index is 0.000000390. The van der Waals surface area contributed by atoms with Crippen LogP contribution in [0.5, 0.6) is 0 Å². The van der Waals surface area contributed by atoms with Crippen molar-refractivity contribution < 1.29 is 28.2 Å². The van der Waals surface area contributed by atoms with Crippen LogP contribution in [-0.4, -0.2) is 52.4 Å². The average molecular weight is 479 g/mol. The first-order valence-electron chi connectivity index (χ1n) is 8.94. The van der Waals surface area contributed by atoms with Gasteiger partial charge < -0.3 is 15.5 Å². The number of halogens is 1. The molecule has 3 N–H and O–H groups in total. The summed E-state index contributed by atoms with van der Waals surface area (Å²) in [5.74, 6) is -2.51. The predicted molar refractivity (Wildman–Crippen MR) is 115 cm³/mol. The van der Waals surface area contributed by atoms with Gasteiger partial charge in [-0.25, -0.2) is 22.7 Å². The first-order valence-corrected chi connectivity index (χ1v) is 10.8. The van der Waals surface area contributed by atoms with E-state index >= 15 is 0 Å². The lowest BCUT2D eigenvalue weighted by molar-refractivity contribution is -0.134. The highest BCUT2D eigenvalue weighted by Gasteiger charge is 2.25. The molecule has 0 aliphatic rings. The molecule has 0 amide bonds. The van der Waals surface area contributed by atoms with Crippen molar-refractivity contribution in [2.45, 2.75) is 16.5 Å². The lowest BCUT2D eigenvalue weighted by Crippen LogP contribution is -2.10. The van der Waals surface area contributed by atoms with Gasteiger partial charge in [-0.3, -0.25) is 4.98 Å². The van der Waals surface area contributed by atoms with Crippen LogP contribution in [0.15, 0.2) is 76.9 Å². The second-order valence-electron chi connectivity index (χ2n) is 6.07. The number of para-hydroxylation sites is 1. The van der Waals surface area contributed by atoms with Crippen molar-refractivity contribution in [3.8, 4) is 5.69 Å². The van der Waals surface area contributed by atoms with Gasteiger partial charge in [-0.1, -0.05) is 23.7 Å². The summed E-state index contributed by atoms with van der Waals surface area (Å²) in [5, 5.41) is 23.4. The van der Waals surface area contributed by atoms with Gasteiger partial charge in [-0.15, -0.1) is 0 Å². The molecule has 0 saturated carbocycles. The highest BCUT2D eigenvalue weighted by atomic mass is 35.5. The minimum Gasteiger partial charge on any atom is -0.478 e. The monoisotopic (exact) mass is 478 g/mol. The summed E-state index contributed by atoms with van der Waals surface area (Å²) in [7, 11) is -2.01. The molecule has 1 aromatic carbocycles. The number of sulfone groups is 1. The summed E-state index contributed by atoms with van der Waals surface area (Å²) in [6.07, 6.45) is 3.96. The molecule has 0 aliphatic carbocycles. The van der Waals surface area contributed by atoms with E-state index in [2.05, 4.69) is 15.4 Å². The van der Waals surface area contributed by atoms with Crippen LogP contribution in [0.2, 0.25) is 5.02 Å². The molecule has 0 spiro atoms. The number of carboxylic acid groups (broad SMARTS) is 2. The molecule has 0 aliphatic heterocycles. The van der Waals surface area contributed by atoms with E-state index < -0.39 is 21.8 Å². The molecule has 2 heterocycles. The number of nitrogens with zero attached hydrogens (tertiary/aromatic N) is 3. The van der Waals surface area contributed by atoms with E-state index in [1.165, 1.54) is 23.1 Å². The van der Waals surface area contributed by atoms with Crippen LogP contribution in [0.3, 0.4) is 0 Å². The third-order valence-corrected chi connectivity index (χ3v) is 5.78. The Morgan fingerprint density at radius 1 is 1.12 bits per heavy atom. The molecule has 0 fully saturated rings. The van der Waals surface area contributed by atoms with Crippen LogP contribution in [0, 0.1) is 0 Å². The van der Waals surface area contributed by atoms with Crippen LogP contribution >= 0.6 is 11.6 Å². The largest absolute Gasteiger partial charge is 0.478 e. The molecule has 10 nitrogen and oxygen atoms in total. The van der Waals surface area contributed by atoms with E-state index in [9.17, 15) is 18.0 Å². The molecule has 168 valence electrons. The lowest BCUT2D eigenvalue weighted by atomic mass is 10.3. The first-order chi connectivity index (χ1) is 15.2. The number of carbonyl (C=O) groups is 2. The molecular weight excluding hydrogens is 460 g/mol. The van der Waals surface area contributed by atoms with Crippen LogP contribution in [0.25, 0.3) is 5.69 Å². The highest BCUT2D eigenvalue weighted by molar-refractivity contribution is 7.91. The molecule has 0 atom stereocenters. The zero-order chi connectivity index (χ0) is 23.7. The fraction of sp³-hybridized carbons (Fsp3) is 0.100. The van der Waals surface area contributed by atoms with E-state index in [0.29, 0.717) is 35.1 Å². The zero-order valence-corrected chi connectivity index (χ0v) is 18.3. The fourth-order valence-corrected chi connectivity index (χ4v) is 4.01. The number of rotatable bonds is 7. The molecule has 3 rings (SSSR count). The SMILES string of the molecule is CNCc1cc(S(=O)(=O)c2cccnc2)n(-c2ccccc2Cl)n1.O=C(O)/C=C/C(=O)O. The van der Waals surface area contributed by atoms with Crippen molar-refractivity contribution in [3.63, 3.8) is 0 Å². The van der Waals surface area contributed by atoms with Gasteiger partial charge >= 0.3 is 11.9 Å². The summed E-state index contributed by atoms with van der Waals surface area (Å²) in [6.45, 7) is 0.438. The van der Waals surface area contributed by atoms with Crippen molar-refractivity contribution >= 4 is 33.4 Å². The Morgan fingerprint density at radius 2 is 1.78 bits per heavy atom.